The maximum absolute atomic E-state index is 12.1. The fourth-order valence-corrected chi connectivity index (χ4v) is 3.21. The van der Waals surface area contributed by atoms with Gasteiger partial charge in [0.05, 0.1) is 6.26 Å². The molecular weight excluding hydrogens is 252 g/mol. The number of nitrogens with one attached hydrogen (secondary N) is 1. The van der Waals surface area contributed by atoms with Crippen LogP contribution < -0.4 is 5.32 Å². The van der Waals surface area contributed by atoms with Crippen molar-refractivity contribution >= 4 is 6.03 Å². The molecule has 1 aromatic rings. The summed E-state index contributed by atoms with van der Waals surface area (Å²) in [5.41, 5.74) is 0. The quantitative estimate of drug-likeness (QED) is 0.678. The van der Waals surface area contributed by atoms with E-state index >= 15 is 0 Å². The van der Waals surface area contributed by atoms with Crippen molar-refractivity contribution in [2.24, 2.45) is 11.8 Å². The zero-order chi connectivity index (χ0) is 13.8. The Bertz CT molecular complexity index is 451. The van der Waals surface area contributed by atoms with Crippen molar-refractivity contribution in [2.75, 3.05) is 19.6 Å². The number of carbonyl (C=O) groups is 1. The van der Waals surface area contributed by atoms with Crippen LogP contribution in [0.2, 0.25) is 0 Å². The number of nitrogens with zero attached hydrogens (tertiary/aromatic N) is 1. The predicted octanol–water partition coefficient (Wildman–Crippen LogP) is 2.82. The molecule has 1 N–H and O–H groups in total. The van der Waals surface area contributed by atoms with Crippen LogP contribution in [-0.2, 0) is 6.42 Å². The number of likely N-dealkylation sites (tertiary alicyclic amines) is 1. The minimum absolute atomic E-state index is 0.0962. The van der Waals surface area contributed by atoms with E-state index in [-0.39, 0.29) is 6.03 Å². The Morgan fingerprint density at radius 1 is 1.30 bits per heavy atom. The molecule has 0 aromatic carbocycles. The van der Waals surface area contributed by atoms with Gasteiger partial charge in [-0.25, -0.2) is 4.79 Å². The van der Waals surface area contributed by atoms with Crippen LogP contribution in [0.1, 0.15) is 25.0 Å². The molecule has 1 aliphatic carbocycles. The normalized spacial score (nSPS) is 24.7. The summed E-state index contributed by atoms with van der Waals surface area (Å²) >= 11 is 0. The highest BCUT2D eigenvalue weighted by Gasteiger charge is 2.34. The highest BCUT2D eigenvalue weighted by Crippen LogP contribution is 2.32. The molecule has 2 unspecified atom stereocenters. The highest BCUT2D eigenvalue weighted by molar-refractivity contribution is 5.74. The molecule has 1 aliphatic heterocycles. The van der Waals surface area contributed by atoms with E-state index in [1.807, 2.05) is 17.0 Å². The average Bonchev–Trinajstić information content (AvgIpc) is 3.12. The molecule has 0 spiro atoms. The van der Waals surface area contributed by atoms with Gasteiger partial charge in [0.15, 0.2) is 0 Å². The van der Waals surface area contributed by atoms with Crippen LogP contribution >= 0.6 is 0 Å². The molecule has 4 heteroatoms. The van der Waals surface area contributed by atoms with E-state index in [4.69, 9.17) is 4.42 Å². The fraction of sp³-hybridized carbons (Fsp3) is 0.562. The fourth-order valence-electron chi connectivity index (χ4n) is 3.21. The number of hydrogen-bond acceptors (Lipinski definition) is 2. The van der Waals surface area contributed by atoms with Crippen molar-refractivity contribution in [3.63, 3.8) is 0 Å². The van der Waals surface area contributed by atoms with Crippen molar-refractivity contribution in [1.82, 2.24) is 10.2 Å². The predicted molar refractivity (Wildman–Crippen MR) is 77.4 cm³/mol. The number of urea groups is 1. The smallest absolute Gasteiger partial charge is 0.317 e. The lowest BCUT2D eigenvalue weighted by Crippen LogP contribution is -2.39. The van der Waals surface area contributed by atoms with Gasteiger partial charge < -0.3 is 14.6 Å². The van der Waals surface area contributed by atoms with E-state index in [9.17, 15) is 4.79 Å². The summed E-state index contributed by atoms with van der Waals surface area (Å²) in [5.74, 6) is 2.33. The number of aryl methyl sites for hydroxylation is 1. The standard InChI is InChI=1S/C16H22N2O2/c19-16(17-9-3-7-15-8-4-10-20-15)18-11-13-5-1-2-6-14(13)12-18/h1-2,4,8,10,13-14H,3,5-7,9,11-12H2,(H,17,19). The van der Waals surface area contributed by atoms with Crippen LogP contribution in [0.4, 0.5) is 4.79 Å². The van der Waals surface area contributed by atoms with Gasteiger partial charge in [-0.2, -0.15) is 0 Å². The Labute approximate surface area is 119 Å². The SMILES string of the molecule is O=C(NCCCc1ccco1)N1CC2CC=CCC2C1. The highest BCUT2D eigenvalue weighted by atomic mass is 16.3. The summed E-state index contributed by atoms with van der Waals surface area (Å²) in [4.78, 5) is 14.1. The Balaban J connectivity index is 1.37. The molecule has 0 radical (unpaired) electrons. The second kappa shape index (κ2) is 6.16. The maximum Gasteiger partial charge on any atom is 0.317 e. The molecule has 4 nitrogen and oxygen atoms in total. The Morgan fingerprint density at radius 3 is 2.70 bits per heavy atom. The van der Waals surface area contributed by atoms with Crippen LogP contribution in [0.25, 0.3) is 0 Å². The summed E-state index contributed by atoms with van der Waals surface area (Å²) in [6.07, 6.45) is 10.3. The molecular formula is C16H22N2O2. The lowest BCUT2D eigenvalue weighted by Gasteiger charge is -2.17. The zero-order valence-corrected chi connectivity index (χ0v) is 11.8. The molecule has 0 saturated carbocycles. The number of fused-ring (bicyclic) bond motifs is 1. The molecule has 20 heavy (non-hydrogen) atoms. The minimum atomic E-state index is 0.0962. The maximum atomic E-state index is 12.1. The number of carbonyl (C=O) groups excluding carboxylic acids is 1. The summed E-state index contributed by atoms with van der Waals surface area (Å²) in [5, 5.41) is 3.02. The molecule has 2 heterocycles. The molecule has 1 saturated heterocycles. The summed E-state index contributed by atoms with van der Waals surface area (Å²) < 4.78 is 5.27. The topological polar surface area (TPSA) is 45.5 Å². The van der Waals surface area contributed by atoms with E-state index < -0.39 is 0 Å². The lowest BCUT2D eigenvalue weighted by atomic mass is 9.86. The van der Waals surface area contributed by atoms with Gasteiger partial charge >= 0.3 is 6.03 Å². The molecule has 2 aliphatic rings. The van der Waals surface area contributed by atoms with Gasteiger partial charge in [0, 0.05) is 26.1 Å². The molecule has 2 atom stereocenters. The van der Waals surface area contributed by atoms with Gasteiger partial charge in [0.2, 0.25) is 0 Å². The van der Waals surface area contributed by atoms with Crippen molar-refractivity contribution in [3.05, 3.63) is 36.3 Å². The number of allylic oxidation sites excluding steroid dienone is 2. The third-order valence-corrected chi connectivity index (χ3v) is 4.36. The second-order valence-electron chi connectivity index (χ2n) is 5.78. The number of amides is 2. The van der Waals surface area contributed by atoms with Crippen LogP contribution in [0.3, 0.4) is 0 Å². The van der Waals surface area contributed by atoms with E-state index in [1.54, 1.807) is 6.26 Å². The van der Waals surface area contributed by atoms with E-state index in [0.717, 1.165) is 44.5 Å². The molecule has 1 aromatic heterocycles. The molecule has 108 valence electrons. The van der Waals surface area contributed by atoms with Gasteiger partial charge in [0.25, 0.3) is 0 Å². The first-order valence-corrected chi connectivity index (χ1v) is 7.53. The van der Waals surface area contributed by atoms with Gasteiger partial charge in [-0.1, -0.05) is 12.2 Å². The minimum Gasteiger partial charge on any atom is -0.469 e. The van der Waals surface area contributed by atoms with Crippen molar-refractivity contribution < 1.29 is 9.21 Å². The molecule has 3 rings (SSSR count). The second-order valence-corrected chi connectivity index (χ2v) is 5.78. The number of rotatable bonds is 4. The number of furan rings is 1. The monoisotopic (exact) mass is 274 g/mol. The van der Waals surface area contributed by atoms with Crippen molar-refractivity contribution in [3.8, 4) is 0 Å². The third-order valence-electron chi connectivity index (χ3n) is 4.36. The zero-order valence-electron chi connectivity index (χ0n) is 11.8. The van der Waals surface area contributed by atoms with Gasteiger partial charge in [-0.05, 0) is 43.2 Å². The first kappa shape index (κ1) is 13.3. The van der Waals surface area contributed by atoms with Crippen molar-refractivity contribution in [1.29, 1.82) is 0 Å². The first-order chi connectivity index (χ1) is 9.83. The third kappa shape index (κ3) is 3.06. The summed E-state index contributed by atoms with van der Waals surface area (Å²) in [6, 6.07) is 3.97. The first-order valence-electron chi connectivity index (χ1n) is 7.53. The van der Waals surface area contributed by atoms with E-state index in [1.165, 1.54) is 0 Å². The van der Waals surface area contributed by atoms with Crippen molar-refractivity contribution in [2.45, 2.75) is 25.7 Å². The number of hydrogen-bond donors (Lipinski definition) is 1. The van der Waals surface area contributed by atoms with Crippen LogP contribution in [0, 0.1) is 11.8 Å². The molecule has 2 amide bonds. The van der Waals surface area contributed by atoms with Crippen LogP contribution in [-0.4, -0.2) is 30.6 Å². The van der Waals surface area contributed by atoms with Gasteiger partial charge in [-0.3, -0.25) is 0 Å². The van der Waals surface area contributed by atoms with E-state index in [2.05, 4.69) is 17.5 Å². The lowest BCUT2D eigenvalue weighted by molar-refractivity contribution is 0.206. The molecule has 1 fully saturated rings. The summed E-state index contributed by atoms with van der Waals surface area (Å²) in [6.45, 7) is 2.54. The van der Waals surface area contributed by atoms with Gasteiger partial charge in [0.1, 0.15) is 5.76 Å². The molecule has 0 bridgehead atoms. The van der Waals surface area contributed by atoms with Crippen LogP contribution in [0.5, 0.6) is 0 Å². The summed E-state index contributed by atoms with van der Waals surface area (Å²) in [7, 11) is 0. The Hall–Kier alpha value is -1.71. The Morgan fingerprint density at radius 2 is 2.05 bits per heavy atom. The van der Waals surface area contributed by atoms with Crippen LogP contribution in [0.15, 0.2) is 35.0 Å². The van der Waals surface area contributed by atoms with E-state index in [0.29, 0.717) is 18.4 Å². The average molecular weight is 274 g/mol. The van der Waals surface area contributed by atoms with Gasteiger partial charge in [-0.15, -0.1) is 0 Å². The Kier molecular flexibility index (Phi) is 4.09. The largest absolute Gasteiger partial charge is 0.469 e.